The van der Waals surface area contributed by atoms with Crippen molar-refractivity contribution >= 4 is 28.9 Å². The second kappa shape index (κ2) is 9.96. The predicted octanol–water partition coefficient (Wildman–Crippen LogP) is 3.83. The number of rotatable bonds is 9. The van der Waals surface area contributed by atoms with E-state index in [0.29, 0.717) is 6.54 Å². The van der Waals surface area contributed by atoms with E-state index < -0.39 is 12.2 Å². The van der Waals surface area contributed by atoms with Gasteiger partial charge in [-0.2, -0.15) is 0 Å². The maximum Gasteiger partial charge on any atom is 0.325 e. The maximum absolute atomic E-state index is 12.6. The number of amides is 3. The van der Waals surface area contributed by atoms with Crippen molar-refractivity contribution in [3.63, 3.8) is 0 Å². The maximum atomic E-state index is 12.6. The van der Waals surface area contributed by atoms with Gasteiger partial charge in [0.2, 0.25) is 0 Å². The van der Waals surface area contributed by atoms with Crippen LogP contribution in [0.4, 0.5) is 4.79 Å². The number of carbonyl (C=O) groups excluding carboxylic acids is 2. The molecule has 6 nitrogen and oxygen atoms in total. The average molecular weight is 403 g/mol. The summed E-state index contributed by atoms with van der Waals surface area (Å²) >= 11 is 1.70. The number of unbranched alkanes of at least 4 members (excludes halogenated alkanes) is 5. The highest BCUT2D eigenvalue weighted by Crippen LogP contribution is 2.30. The molecule has 3 rings (SSSR count). The standard InChI is InChI=1S/C21H30N4O2S/c1-3-4-5-6-7-11-14-28-21-22-18-17(19(26)23-20(27)24(18)2)25(21)15-16-12-9-8-10-13-16/h8-10,12-13,17-18H,3-7,11,14-15H2,1-2H3,(H,23,26,27). The molecule has 1 aromatic carbocycles. The van der Waals surface area contributed by atoms with Crippen molar-refractivity contribution in [2.75, 3.05) is 12.8 Å². The Morgan fingerprint density at radius 1 is 1.07 bits per heavy atom. The van der Waals surface area contributed by atoms with E-state index in [0.717, 1.165) is 22.9 Å². The first-order valence-corrected chi connectivity index (χ1v) is 11.2. The van der Waals surface area contributed by atoms with Crippen molar-refractivity contribution in [2.24, 2.45) is 4.99 Å². The van der Waals surface area contributed by atoms with E-state index in [-0.39, 0.29) is 11.9 Å². The number of amidine groups is 1. The van der Waals surface area contributed by atoms with Crippen LogP contribution in [-0.2, 0) is 11.3 Å². The number of aliphatic imine (C=N–C) groups is 1. The molecule has 2 heterocycles. The molecule has 0 spiro atoms. The van der Waals surface area contributed by atoms with E-state index >= 15 is 0 Å². The van der Waals surface area contributed by atoms with Gasteiger partial charge in [0.1, 0.15) is 0 Å². The second-order valence-corrected chi connectivity index (χ2v) is 8.47. The van der Waals surface area contributed by atoms with Crippen LogP contribution < -0.4 is 5.32 Å². The van der Waals surface area contributed by atoms with Gasteiger partial charge in [-0.1, -0.05) is 81.1 Å². The first-order valence-electron chi connectivity index (χ1n) is 10.2. The first kappa shape index (κ1) is 20.7. The number of nitrogens with zero attached hydrogens (tertiary/aromatic N) is 3. The molecule has 1 aromatic rings. The van der Waals surface area contributed by atoms with E-state index in [9.17, 15) is 9.59 Å². The molecule has 0 radical (unpaired) electrons. The van der Waals surface area contributed by atoms with Gasteiger partial charge in [0.25, 0.3) is 5.91 Å². The molecule has 2 atom stereocenters. The molecule has 2 aliphatic rings. The van der Waals surface area contributed by atoms with Crippen LogP contribution >= 0.6 is 11.8 Å². The fourth-order valence-electron chi connectivity index (χ4n) is 3.61. The first-order chi connectivity index (χ1) is 13.6. The van der Waals surface area contributed by atoms with E-state index in [4.69, 9.17) is 4.99 Å². The Hall–Kier alpha value is -2.02. The molecule has 0 saturated carbocycles. The number of urea groups is 1. The van der Waals surface area contributed by atoms with Gasteiger partial charge in [-0.15, -0.1) is 0 Å². The summed E-state index contributed by atoms with van der Waals surface area (Å²) in [5.41, 5.74) is 1.13. The van der Waals surface area contributed by atoms with E-state index in [1.807, 2.05) is 18.2 Å². The summed E-state index contributed by atoms with van der Waals surface area (Å²) in [6, 6.07) is 9.25. The quantitative estimate of drug-likeness (QED) is 0.638. The van der Waals surface area contributed by atoms with Gasteiger partial charge in [-0.05, 0) is 12.0 Å². The lowest BCUT2D eigenvalue weighted by Crippen LogP contribution is -2.63. The zero-order chi connectivity index (χ0) is 19.9. The Balaban J connectivity index is 1.66. The fraction of sp³-hybridized carbons (Fsp3) is 0.571. The molecule has 2 unspecified atom stereocenters. The number of benzene rings is 1. The summed E-state index contributed by atoms with van der Waals surface area (Å²) in [7, 11) is 1.70. The van der Waals surface area contributed by atoms with Crippen molar-refractivity contribution in [2.45, 2.75) is 64.2 Å². The number of hydrogen-bond donors (Lipinski definition) is 1. The number of imide groups is 1. The predicted molar refractivity (Wildman–Crippen MR) is 114 cm³/mol. The van der Waals surface area contributed by atoms with E-state index in [1.165, 1.54) is 37.0 Å². The Kier molecular flexibility index (Phi) is 7.36. The van der Waals surface area contributed by atoms with Crippen LogP contribution in [0.1, 0.15) is 51.0 Å². The lowest BCUT2D eigenvalue weighted by molar-refractivity contribution is -0.127. The molecule has 0 aromatic heterocycles. The highest BCUT2D eigenvalue weighted by atomic mass is 32.2. The molecule has 2 aliphatic heterocycles. The van der Waals surface area contributed by atoms with Crippen molar-refractivity contribution in [1.82, 2.24) is 15.1 Å². The van der Waals surface area contributed by atoms with Crippen molar-refractivity contribution < 1.29 is 9.59 Å². The van der Waals surface area contributed by atoms with Gasteiger partial charge in [0, 0.05) is 19.3 Å². The third-order valence-corrected chi connectivity index (χ3v) is 6.34. The second-order valence-electron chi connectivity index (χ2n) is 7.41. The molecular formula is C21H30N4O2S. The normalized spacial score (nSPS) is 21.6. The smallest absolute Gasteiger partial charge is 0.325 e. The van der Waals surface area contributed by atoms with Crippen molar-refractivity contribution in [3.8, 4) is 0 Å². The number of fused-ring (bicyclic) bond motifs is 1. The summed E-state index contributed by atoms with van der Waals surface area (Å²) < 4.78 is 0. The zero-order valence-electron chi connectivity index (χ0n) is 16.8. The molecule has 3 amide bonds. The minimum Gasteiger partial charge on any atom is -0.331 e. The van der Waals surface area contributed by atoms with Gasteiger partial charge in [-0.3, -0.25) is 10.1 Å². The van der Waals surface area contributed by atoms with Crippen LogP contribution in [0.15, 0.2) is 35.3 Å². The van der Waals surface area contributed by atoms with Crippen molar-refractivity contribution in [3.05, 3.63) is 35.9 Å². The summed E-state index contributed by atoms with van der Waals surface area (Å²) in [4.78, 5) is 32.9. The molecule has 152 valence electrons. The van der Waals surface area contributed by atoms with Crippen LogP contribution in [0.5, 0.6) is 0 Å². The monoisotopic (exact) mass is 402 g/mol. The summed E-state index contributed by atoms with van der Waals surface area (Å²) in [5, 5.41) is 3.32. The average Bonchev–Trinajstić information content (AvgIpc) is 3.05. The lowest BCUT2D eigenvalue weighted by atomic mass is 10.1. The molecule has 1 saturated heterocycles. The summed E-state index contributed by atoms with van der Waals surface area (Å²) in [5.74, 6) is 0.720. The van der Waals surface area contributed by atoms with Crippen LogP contribution in [0.25, 0.3) is 0 Å². The van der Waals surface area contributed by atoms with Gasteiger partial charge >= 0.3 is 6.03 Å². The summed E-state index contributed by atoms with van der Waals surface area (Å²) in [6.45, 7) is 2.84. The highest BCUT2D eigenvalue weighted by molar-refractivity contribution is 8.13. The molecule has 7 heteroatoms. The van der Waals surface area contributed by atoms with Gasteiger partial charge < -0.3 is 9.80 Å². The molecular weight excluding hydrogens is 372 g/mol. The molecule has 0 aliphatic carbocycles. The Labute approximate surface area is 171 Å². The van der Waals surface area contributed by atoms with Crippen LogP contribution in [0.2, 0.25) is 0 Å². The minimum atomic E-state index is -0.463. The Bertz CT molecular complexity index is 710. The topological polar surface area (TPSA) is 65.0 Å². The number of thioether (sulfide) groups is 1. The van der Waals surface area contributed by atoms with Gasteiger partial charge in [0.05, 0.1) is 0 Å². The zero-order valence-corrected chi connectivity index (χ0v) is 17.6. The van der Waals surface area contributed by atoms with Crippen LogP contribution in [0.3, 0.4) is 0 Å². The van der Waals surface area contributed by atoms with Crippen molar-refractivity contribution in [1.29, 1.82) is 0 Å². The van der Waals surface area contributed by atoms with E-state index in [2.05, 4.69) is 29.3 Å². The SMILES string of the molecule is CCCCCCCCSC1=NC2C(C(=O)NC(=O)N2C)N1Cc1ccccc1. The number of carbonyl (C=O) groups is 2. The Morgan fingerprint density at radius 3 is 2.54 bits per heavy atom. The third-order valence-electron chi connectivity index (χ3n) is 5.25. The van der Waals surface area contributed by atoms with Crippen LogP contribution in [0, 0.1) is 0 Å². The van der Waals surface area contributed by atoms with E-state index in [1.54, 1.807) is 18.8 Å². The summed E-state index contributed by atoms with van der Waals surface area (Å²) in [6.07, 6.45) is 7.07. The molecule has 0 bridgehead atoms. The number of hydrogen-bond acceptors (Lipinski definition) is 5. The number of nitrogens with one attached hydrogen (secondary N) is 1. The van der Waals surface area contributed by atoms with Gasteiger partial charge in [0.15, 0.2) is 17.4 Å². The molecule has 28 heavy (non-hydrogen) atoms. The molecule has 1 fully saturated rings. The Morgan fingerprint density at radius 2 is 1.79 bits per heavy atom. The lowest BCUT2D eigenvalue weighted by Gasteiger charge is -2.36. The third kappa shape index (κ3) is 4.87. The van der Waals surface area contributed by atoms with Gasteiger partial charge in [-0.25, -0.2) is 9.79 Å². The highest BCUT2D eigenvalue weighted by Gasteiger charge is 2.48. The fourth-order valence-corrected chi connectivity index (χ4v) is 4.67. The largest absolute Gasteiger partial charge is 0.331 e. The molecule has 1 N–H and O–H groups in total. The van der Waals surface area contributed by atoms with Crippen LogP contribution in [-0.4, -0.2) is 51.9 Å². The minimum absolute atomic E-state index is 0.261. The number of likely N-dealkylation sites (N-methyl/N-ethyl adjacent to an activating group) is 1.